The van der Waals surface area contributed by atoms with Crippen molar-refractivity contribution < 1.29 is 4.79 Å². The summed E-state index contributed by atoms with van der Waals surface area (Å²) in [5, 5.41) is 3.18. The molecule has 0 aromatic carbocycles. The molecule has 19 heavy (non-hydrogen) atoms. The lowest BCUT2D eigenvalue weighted by molar-refractivity contribution is 0.0900. The summed E-state index contributed by atoms with van der Waals surface area (Å²) in [6.45, 7) is 5.16. The molecule has 2 unspecified atom stereocenters. The lowest BCUT2D eigenvalue weighted by Crippen LogP contribution is -2.41. The molecule has 0 saturated heterocycles. The molecule has 1 heterocycles. The maximum Gasteiger partial charge on any atom is 0.268 e. The highest BCUT2D eigenvalue weighted by molar-refractivity contribution is 5.94. The van der Waals surface area contributed by atoms with Gasteiger partial charge in [-0.2, -0.15) is 0 Å². The smallest absolute Gasteiger partial charge is 0.268 e. The first-order valence-corrected chi connectivity index (χ1v) is 7.38. The normalized spacial score (nSPS) is 23.3. The van der Waals surface area contributed by atoms with Crippen LogP contribution in [0.25, 0.3) is 0 Å². The number of nitrogen functional groups attached to an aromatic ring is 1. The number of amides is 1. The van der Waals surface area contributed by atoms with Gasteiger partial charge < -0.3 is 15.6 Å². The molecule has 2 rings (SSSR count). The van der Waals surface area contributed by atoms with E-state index >= 15 is 0 Å². The van der Waals surface area contributed by atoms with Crippen LogP contribution in [0, 0.1) is 5.92 Å². The van der Waals surface area contributed by atoms with E-state index in [4.69, 9.17) is 5.73 Å². The van der Waals surface area contributed by atoms with Gasteiger partial charge in [0, 0.05) is 18.8 Å². The molecule has 1 saturated carbocycles. The summed E-state index contributed by atoms with van der Waals surface area (Å²) in [5.74, 6) is 0.591. The number of nitrogens with one attached hydrogen (secondary N) is 1. The molecule has 3 N–H and O–H groups in total. The van der Waals surface area contributed by atoms with Gasteiger partial charge in [-0.05, 0) is 31.2 Å². The van der Waals surface area contributed by atoms with Crippen LogP contribution in [-0.4, -0.2) is 16.5 Å². The van der Waals surface area contributed by atoms with E-state index in [9.17, 15) is 4.79 Å². The van der Waals surface area contributed by atoms with Crippen molar-refractivity contribution in [1.29, 1.82) is 0 Å². The standard InChI is InChI=1S/C15H25N3O/c1-3-8-18-10-12(16)9-14(18)15(19)17-13-7-5-4-6-11(13)2/h9-11,13H,3-8,16H2,1-2H3,(H,17,19). The fourth-order valence-electron chi connectivity index (χ4n) is 2.92. The average molecular weight is 263 g/mol. The summed E-state index contributed by atoms with van der Waals surface area (Å²) in [5.41, 5.74) is 7.16. The minimum atomic E-state index is 0.0175. The molecule has 1 aliphatic carbocycles. The first-order chi connectivity index (χ1) is 9.11. The topological polar surface area (TPSA) is 60.0 Å². The third-order valence-electron chi connectivity index (χ3n) is 4.04. The van der Waals surface area contributed by atoms with Crippen LogP contribution in [0.3, 0.4) is 0 Å². The lowest BCUT2D eigenvalue weighted by Gasteiger charge is -2.29. The van der Waals surface area contributed by atoms with Crippen molar-refractivity contribution in [2.45, 2.75) is 58.5 Å². The van der Waals surface area contributed by atoms with Crippen molar-refractivity contribution in [1.82, 2.24) is 9.88 Å². The van der Waals surface area contributed by atoms with Crippen molar-refractivity contribution in [3.05, 3.63) is 18.0 Å². The third-order valence-corrected chi connectivity index (χ3v) is 4.04. The molecular formula is C15H25N3O. The number of rotatable bonds is 4. The SMILES string of the molecule is CCCn1cc(N)cc1C(=O)NC1CCCCC1C. The Balaban J connectivity index is 2.06. The van der Waals surface area contributed by atoms with Gasteiger partial charge in [0.15, 0.2) is 0 Å². The molecular weight excluding hydrogens is 238 g/mol. The van der Waals surface area contributed by atoms with Crippen LogP contribution in [0.2, 0.25) is 0 Å². The second-order valence-corrected chi connectivity index (χ2v) is 5.69. The monoisotopic (exact) mass is 263 g/mol. The van der Waals surface area contributed by atoms with Crippen molar-refractivity contribution in [2.24, 2.45) is 5.92 Å². The van der Waals surface area contributed by atoms with Crippen LogP contribution in [0.1, 0.15) is 56.4 Å². The molecule has 1 aromatic rings. The summed E-state index contributed by atoms with van der Waals surface area (Å²) in [7, 11) is 0. The van der Waals surface area contributed by atoms with Crippen LogP contribution in [-0.2, 0) is 6.54 Å². The van der Waals surface area contributed by atoms with E-state index in [-0.39, 0.29) is 5.91 Å². The van der Waals surface area contributed by atoms with Crippen LogP contribution in [0.4, 0.5) is 5.69 Å². The zero-order valence-electron chi connectivity index (χ0n) is 12.0. The van der Waals surface area contributed by atoms with E-state index in [0.717, 1.165) is 19.4 Å². The van der Waals surface area contributed by atoms with Gasteiger partial charge in [-0.15, -0.1) is 0 Å². The maximum absolute atomic E-state index is 12.4. The summed E-state index contributed by atoms with van der Waals surface area (Å²) < 4.78 is 1.96. The second-order valence-electron chi connectivity index (χ2n) is 5.69. The van der Waals surface area contributed by atoms with E-state index < -0.39 is 0 Å². The fourth-order valence-corrected chi connectivity index (χ4v) is 2.92. The van der Waals surface area contributed by atoms with Crippen LogP contribution in [0.5, 0.6) is 0 Å². The number of nitrogens with zero attached hydrogens (tertiary/aromatic N) is 1. The first kappa shape index (κ1) is 14.0. The molecule has 4 nitrogen and oxygen atoms in total. The molecule has 1 aromatic heterocycles. The Kier molecular flexibility index (Phi) is 4.51. The first-order valence-electron chi connectivity index (χ1n) is 7.38. The molecule has 1 fully saturated rings. The Morgan fingerprint density at radius 3 is 2.89 bits per heavy atom. The van der Waals surface area contributed by atoms with Gasteiger partial charge in [-0.1, -0.05) is 26.7 Å². The quantitative estimate of drug-likeness (QED) is 0.877. The van der Waals surface area contributed by atoms with Gasteiger partial charge in [0.25, 0.3) is 5.91 Å². The molecule has 0 spiro atoms. The molecule has 0 bridgehead atoms. The number of aryl methyl sites for hydroxylation is 1. The molecule has 4 heteroatoms. The van der Waals surface area contributed by atoms with Crippen molar-refractivity contribution in [3.63, 3.8) is 0 Å². The summed E-state index contributed by atoms with van der Waals surface area (Å²) in [6, 6.07) is 2.09. The predicted octanol–water partition coefficient (Wildman–Crippen LogP) is 2.79. The summed E-state index contributed by atoms with van der Waals surface area (Å²) in [4.78, 5) is 12.4. The van der Waals surface area contributed by atoms with Crippen LogP contribution >= 0.6 is 0 Å². The Morgan fingerprint density at radius 1 is 1.47 bits per heavy atom. The summed E-state index contributed by atoms with van der Waals surface area (Å²) in [6.07, 6.45) is 7.65. The molecule has 1 amide bonds. The van der Waals surface area contributed by atoms with Gasteiger partial charge in [-0.3, -0.25) is 4.79 Å². The van der Waals surface area contributed by atoms with Crippen LogP contribution < -0.4 is 11.1 Å². The highest BCUT2D eigenvalue weighted by Crippen LogP contribution is 2.24. The maximum atomic E-state index is 12.4. The van der Waals surface area contributed by atoms with Crippen LogP contribution in [0.15, 0.2) is 12.3 Å². The van der Waals surface area contributed by atoms with E-state index in [0.29, 0.717) is 23.3 Å². The van der Waals surface area contributed by atoms with Gasteiger partial charge in [0.2, 0.25) is 0 Å². The van der Waals surface area contributed by atoms with Crippen molar-refractivity contribution in [3.8, 4) is 0 Å². The number of hydrogen-bond donors (Lipinski definition) is 2. The number of anilines is 1. The predicted molar refractivity (Wildman–Crippen MR) is 78.0 cm³/mol. The van der Waals surface area contributed by atoms with Gasteiger partial charge in [-0.25, -0.2) is 0 Å². The van der Waals surface area contributed by atoms with Gasteiger partial charge in [0.05, 0.1) is 5.69 Å². The molecule has 0 aliphatic heterocycles. The van der Waals surface area contributed by atoms with Crippen molar-refractivity contribution in [2.75, 3.05) is 5.73 Å². The van der Waals surface area contributed by atoms with E-state index in [1.165, 1.54) is 19.3 Å². The van der Waals surface area contributed by atoms with Crippen molar-refractivity contribution >= 4 is 11.6 Å². The third kappa shape index (κ3) is 3.31. The molecule has 0 radical (unpaired) electrons. The molecule has 1 aliphatic rings. The Morgan fingerprint density at radius 2 is 2.21 bits per heavy atom. The Labute approximate surface area is 115 Å². The number of hydrogen-bond acceptors (Lipinski definition) is 2. The highest BCUT2D eigenvalue weighted by atomic mass is 16.2. The zero-order valence-corrected chi connectivity index (χ0v) is 12.0. The number of nitrogens with two attached hydrogens (primary N) is 1. The largest absolute Gasteiger partial charge is 0.397 e. The molecule has 106 valence electrons. The minimum absolute atomic E-state index is 0.0175. The second kappa shape index (κ2) is 6.13. The Hall–Kier alpha value is -1.45. The van der Waals surface area contributed by atoms with Gasteiger partial charge >= 0.3 is 0 Å². The molecule has 2 atom stereocenters. The summed E-state index contributed by atoms with van der Waals surface area (Å²) >= 11 is 0. The minimum Gasteiger partial charge on any atom is -0.397 e. The fraction of sp³-hybridized carbons (Fsp3) is 0.667. The Bertz CT molecular complexity index is 439. The number of carbonyl (C=O) groups excluding carboxylic acids is 1. The lowest BCUT2D eigenvalue weighted by atomic mass is 9.86. The highest BCUT2D eigenvalue weighted by Gasteiger charge is 2.24. The van der Waals surface area contributed by atoms with E-state index in [1.54, 1.807) is 6.07 Å². The average Bonchev–Trinajstić information content (AvgIpc) is 2.74. The van der Waals surface area contributed by atoms with E-state index in [2.05, 4.69) is 19.2 Å². The number of aromatic nitrogens is 1. The number of carbonyl (C=O) groups is 1. The van der Waals surface area contributed by atoms with E-state index in [1.807, 2.05) is 10.8 Å². The zero-order chi connectivity index (χ0) is 13.8. The van der Waals surface area contributed by atoms with Gasteiger partial charge in [0.1, 0.15) is 5.69 Å².